The van der Waals surface area contributed by atoms with Gasteiger partial charge < -0.3 is 5.21 Å². The van der Waals surface area contributed by atoms with Crippen LogP contribution in [0.1, 0.15) is 33.1 Å². The lowest BCUT2D eigenvalue weighted by atomic mass is 10.00. The molecular formula is C8H14NO2. The van der Waals surface area contributed by atoms with Crippen LogP contribution in [-0.4, -0.2) is 17.2 Å². The molecule has 1 N–H and O–H groups in total. The molecule has 0 aromatic carbocycles. The number of carbonyl (C=O) groups excluding carboxylic acids is 1. The molecule has 0 heterocycles. The van der Waals surface area contributed by atoms with Crippen LogP contribution in [0.4, 0.5) is 0 Å². The van der Waals surface area contributed by atoms with Gasteiger partial charge in [0.2, 0.25) is 0 Å². The topological polar surface area (TPSA) is 49.7 Å². The van der Waals surface area contributed by atoms with Gasteiger partial charge in [-0.2, -0.15) is 0 Å². The predicted molar refractivity (Wildman–Crippen MR) is 42.9 cm³/mol. The first-order valence-electron chi connectivity index (χ1n) is 3.82. The molecule has 1 unspecified atom stereocenters. The molecule has 1 atom stereocenters. The molecule has 0 spiro atoms. The third-order valence-electron chi connectivity index (χ3n) is 1.55. The van der Waals surface area contributed by atoms with Gasteiger partial charge in [0.05, 0.1) is 5.92 Å². The van der Waals surface area contributed by atoms with Crippen LogP contribution >= 0.6 is 0 Å². The Labute approximate surface area is 67.1 Å². The molecular weight excluding hydrogens is 142 g/mol. The van der Waals surface area contributed by atoms with Crippen molar-refractivity contribution in [3.8, 4) is 0 Å². The molecule has 0 saturated carbocycles. The third kappa shape index (κ3) is 4.53. The highest BCUT2D eigenvalue weighted by atomic mass is 16.4. The Morgan fingerprint density at radius 2 is 2.36 bits per heavy atom. The van der Waals surface area contributed by atoms with Crippen LogP contribution in [0.5, 0.6) is 0 Å². The summed E-state index contributed by atoms with van der Waals surface area (Å²) in [4.78, 5) is 10.8. The second-order valence-electron chi connectivity index (χ2n) is 2.53. The number of Topliss-reactive ketones (excluding diaryl/α,β-unsaturated/α-hetero) is 1. The Morgan fingerprint density at radius 1 is 1.73 bits per heavy atom. The average Bonchev–Trinajstić information content (AvgIpc) is 1.97. The van der Waals surface area contributed by atoms with Gasteiger partial charge in [0.15, 0.2) is 0 Å². The quantitative estimate of drug-likeness (QED) is 0.374. The van der Waals surface area contributed by atoms with Gasteiger partial charge in [-0.3, -0.25) is 4.79 Å². The second kappa shape index (κ2) is 5.89. The third-order valence-corrected chi connectivity index (χ3v) is 1.55. The molecule has 0 aromatic rings. The molecule has 0 saturated heterocycles. The highest BCUT2D eigenvalue weighted by Gasteiger charge is 2.11. The van der Waals surface area contributed by atoms with Crippen LogP contribution in [-0.2, 0) is 4.79 Å². The van der Waals surface area contributed by atoms with Crippen LogP contribution < -0.4 is 0 Å². The molecule has 3 nitrogen and oxygen atoms in total. The van der Waals surface area contributed by atoms with Gasteiger partial charge >= 0.3 is 0 Å². The van der Waals surface area contributed by atoms with E-state index in [0.29, 0.717) is 0 Å². The molecule has 0 aliphatic rings. The van der Waals surface area contributed by atoms with Crippen LogP contribution in [0.25, 0.3) is 0 Å². The van der Waals surface area contributed by atoms with E-state index in [1.165, 1.54) is 6.92 Å². The van der Waals surface area contributed by atoms with Crippen molar-refractivity contribution in [2.24, 2.45) is 11.1 Å². The summed E-state index contributed by atoms with van der Waals surface area (Å²) >= 11 is 0. The Balaban J connectivity index is 3.79. The van der Waals surface area contributed by atoms with E-state index < -0.39 is 0 Å². The molecule has 3 heteroatoms. The summed E-state index contributed by atoms with van der Waals surface area (Å²) in [7, 11) is 0. The monoisotopic (exact) mass is 156 g/mol. The number of ketones is 1. The van der Waals surface area contributed by atoms with Gasteiger partial charge in [0.25, 0.3) is 0 Å². The number of hydrogen-bond donors (Lipinski definition) is 1. The van der Waals surface area contributed by atoms with Crippen LogP contribution in [0, 0.1) is 5.92 Å². The normalized spacial score (nSPS) is 13.6. The molecule has 11 heavy (non-hydrogen) atoms. The minimum absolute atomic E-state index is 0.0104. The Bertz CT molecular complexity index is 143. The fourth-order valence-corrected chi connectivity index (χ4v) is 0.837. The minimum Gasteiger partial charge on any atom is -0.411 e. The summed E-state index contributed by atoms with van der Waals surface area (Å²) in [6.07, 6.45) is 5.08. The maximum absolute atomic E-state index is 10.8. The lowest BCUT2D eigenvalue weighted by molar-refractivity contribution is -0.118. The lowest BCUT2D eigenvalue weighted by Crippen LogP contribution is -2.12. The number of carbonyl (C=O) groups is 1. The molecule has 0 aromatic heterocycles. The highest BCUT2D eigenvalue weighted by Crippen LogP contribution is 2.06. The Hall–Kier alpha value is -0.860. The lowest BCUT2D eigenvalue weighted by Gasteiger charge is -2.03. The smallest absolute Gasteiger partial charge is 0.139 e. The van der Waals surface area contributed by atoms with Gasteiger partial charge in [0.1, 0.15) is 12.0 Å². The minimum atomic E-state index is -0.319. The summed E-state index contributed by atoms with van der Waals surface area (Å²) in [6, 6.07) is 0. The number of nitrogens with zero attached hydrogens (tertiary/aromatic N) is 1. The molecule has 0 fully saturated rings. The highest BCUT2D eigenvalue weighted by molar-refractivity contribution is 5.92. The summed E-state index contributed by atoms with van der Waals surface area (Å²) in [5, 5.41) is 10.9. The Kier molecular flexibility index (Phi) is 5.43. The van der Waals surface area contributed by atoms with Crippen molar-refractivity contribution in [1.82, 2.24) is 0 Å². The van der Waals surface area contributed by atoms with Crippen molar-refractivity contribution in [2.75, 3.05) is 0 Å². The van der Waals surface area contributed by atoms with Crippen molar-refractivity contribution in [3.05, 3.63) is 0 Å². The zero-order valence-corrected chi connectivity index (χ0v) is 7.00. The number of hydrogen-bond acceptors (Lipinski definition) is 3. The summed E-state index contributed by atoms with van der Waals surface area (Å²) in [5.41, 5.74) is 0. The van der Waals surface area contributed by atoms with Gasteiger partial charge in [0, 0.05) is 0 Å². The maximum atomic E-state index is 10.8. The number of rotatable bonds is 5. The molecule has 0 aliphatic heterocycles. The van der Waals surface area contributed by atoms with Crippen LogP contribution in [0.3, 0.4) is 0 Å². The van der Waals surface area contributed by atoms with Crippen molar-refractivity contribution in [2.45, 2.75) is 33.1 Å². The van der Waals surface area contributed by atoms with Crippen molar-refractivity contribution in [3.63, 3.8) is 0 Å². The van der Waals surface area contributed by atoms with E-state index in [-0.39, 0.29) is 11.7 Å². The fourth-order valence-electron chi connectivity index (χ4n) is 0.837. The second-order valence-corrected chi connectivity index (χ2v) is 2.53. The van der Waals surface area contributed by atoms with Gasteiger partial charge in [-0.1, -0.05) is 24.9 Å². The molecule has 0 aliphatic carbocycles. The predicted octanol–water partition coefficient (Wildman–Crippen LogP) is 1.72. The fraction of sp³-hybridized carbons (Fsp3) is 0.750. The van der Waals surface area contributed by atoms with E-state index in [0.717, 1.165) is 19.3 Å². The molecule has 63 valence electrons. The van der Waals surface area contributed by atoms with Crippen molar-refractivity contribution in [1.29, 1.82) is 0 Å². The van der Waals surface area contributed by atoms with Crippen molar-refractivity contribution >= 4 is 12.0 Å². The molecule has 0 amide bonds. The first-order chi connectivity index (χ1) is 5.22. The molecule has 0 bridgehead atoms. The summed E-state index contributed by atoms with van der Waals surface area (Å²) in [6.45, 7) is 3.53. The van der Waals surface area contributed by atoms with E-state index >= 15 is 0 Å². The standard InChI is InChI=1S/C8H14NO2/c1-3-4-5-8(6-9-11)7(2)10/h8,11H,3-5H2,1-2H3. The average molecular weight is 156 g/mol. The largest absolute Gasteiger partial charge is 0.411 e. The van der Waals surface area contributed by atoms with Gasteiger partial charge in [-0.25, -0.2) is 0 Å². The van der Waals surface area contributed by atoms with Crippen LogP contribution in [0.15, 0.2) is 5.16 Å². The first kappa shape index (κ1) is 10.1. The van der Waals surface area contributed by atoms with Gasteiger partial charge in [-0.05, 0) is 13.3 Å². The Morgan fingerprint density at radius 3 is 2.73 bits per heavy atom. The van der Waals surface area contributed by atoms with E-state index in [1.54, 1.807) is 0 Å². The van der Waals surface area contributed by atoms with E-state index in [9.17, 15) is 4.79 Å². The zero-order chi connectivity index (χ0) is 8.69. The van der Waals surface area contributed by atoms with Crippen molar-refractivity contribution < 1.29 is 10.0 Å². The number of unbranched alkanes of at least 4 members (excludes halogenated alkanes) is 1. The molecule has 1 radical (unpaired) electrons. The van der Waals surface area contributed by atoms with E-state index in [1.807, 2.05) is 6.92 Å². The van der Waals surface area contributed by atoms with Gasteiger partial charge in [-0.15, -0.1) is 0 Å². The zero-order valence-electron chi connectivity index (χ0n) is 7.00. The summed E-state index contributed by atoms with van der Waals surface area (Å²) in [5.74, 6) is -0.309. The molecule has 0 rings (SSSR count). The van der Waals surface area contributed by atoms with E-state index in [4.69, 9.17) is 5.21 Å². The summed E-state index contributed by atoms with van der Waals surface area (Å²) < 4.78 is 0. The van der Waals surface area contributed by atoms with E-state index in [2.05, 4.69) is 11.4 Å². The van der Waals surface area contributed by atoms with Crippen LogP contribution in [0.2, 0.25) is 0 Å². The maximum Gasteiger partial charge on any atom is 0.139 e. The SMILES string of the molecule is CCCCC([C]=NO)C(C)=O. The first-order valence-corrected chi connectivity index (χ1v) is 3.82.